The summed E-state index contributed by atoms with van der Waals surface area (Å²) in [5.74, 6) is -2.16. The number of hydrogen-bond donors (Lipinski definition) is 3. The highest BCUT2D eigenvalue weighted by Gasteiger charge is 2.27. The van der Waals surface area contributed by atoms with E-state index >= 15 is 0 Å². The number of rotatable bonds is 5. The van der Waals surface area contributed by atoms with Crippen molar-refractivity contribution in [2.45, 2.75) is 26.3 Å². The molecule has 1 aromatic carbocycles. The molecule has 6 heteroatoms. The van der Waals surface area contributed by atoms with Gasteiger partial charge < -0.3 is 16.2 Å². The predicted octanol–water partition coefficient (Wildman–Crippen LogP) is 1.09. The highest BCUT2D eigenvalue weighted by atomic mass is 16.4. The second-order valence-corrected chi connectivity index (χ2v) is 5.13. The maximum absolute atomic E-state index is 12.2. The Morgan fingerprint density at radius 3 is 2.43 bits per heavy atom. The van der Waals surface area contributed by atoms with Crippen LogP contribution in [0.3, 0.4) is 0 Å². The van der Waals surface area contributed by atoms with Crippen molar-refractivity contribution in [2.75, 3.05) is 0 Å². The monoisotopic (exact) mass is 290 g/mol. The first kappa shape index (κ1) is 16.4. The van der Waals surface area contributed by atoms with Gasteiger partial charge in [-0.3, -0.25) is 9.59 Å². The van der Waals surface area contributed by atoms with E-state index in [2.05, 4.69) is 5.32 Å². The third-order valence-corrected chi connectivity index (χ3v) is 3.07. The van der Waals surface area contributed by atoms with Gasteiger partial charge >= 0.3 is 5.97 Å². The van der Waals surface area contributed by atoms with Gasteiger partial charge in [0.05, 0.1) is 0 Å². The van der Waals surface area contributed by atoms with Crippen molar-refractivity contribution in [2.24, 2.45) is 5.73 Å². The number of aliphatic carboxylic acids is 1. The van der Waals surface area contributed by atoms with Crippen LogP contribution in [-0.2, 0) is 9.59 Å². The number of carboxylic acid groups (broad SMARTS) is 1. The first-order valence-electron chi connectivity index (χ1n) is 6.28. The van der Waals surface area contributed by atoms with Crippen LogP contribution in [0.1, 0.15) is 35.3 Å². The molecule has 112 valence electrons. The predicted molar refractivity (Wildman–Crippen MR) is 78.6 cm³/mol. The summed E-state index contributed by atoms with van der Waals surface area (Å²) in [4.78, 5) is 34.0. The number of nitrogens with two attached hydrogens (primary N) is 1. The van der Waals surface area contributed by atoms with Crippen LogP contribution in [0, 0.1) is 6.92 Å². The molecule has 0 saturated heterocycles. The number of carbonyl (C=O) groups excluding carboxylic acids is 2. The van der Waals surface area contributed by atoms with Gasteiger partial charge in [-0.25, -0.2) is 4.79 Å². The van der Waals surface area contributed by atoms with E-state index in [-0.39, 0.29) is 0 Å². The summed E-state index contributed by atoms with van der Waals surface area (Å²) >= 11 is 0. The molecule has 0 aliphatic heterocycles. The molecule has 0 radical (unpaired) electrons. The van der Waals surface area contributed by atoms with Gasteiger partial charge in [-0.15, -0.1) is 0 Å². The molecule has 0 atom stereocenters. The molecule has 0 heterocycles. The number of amides is 2. The lowest BCUT2D eigenvalue weighted by Gasteiger charge is -2.23. The third-order valence-electron chi connectivity index (χ3n) is 3.07. The molecule has 0 bridgehead atoms. The summed E-state index contributed by atoms with van der Waals surface area (Å²) in [6.07, 6.45) is 2.41. The summed E-state index contributed by atoms with van der Waals surface area (Å²) in [7, 11) is 0. The summed E-state index contributed by atoms with van der Waals surface area (Å²) in [5, 5.41) is 11.2. The van der Waals surface area contributed by atoms with Crippen LogP contribution in [0.5, 0.6) is 0 Å². The fourth-order valence-corrected chi connectivity index (χ4v) is 1.65. The van der Waals surface area contributed by atoms with Crippen molar-refractivity contribution < 1.29 is 19.5 Å². The van der Waals surface area contributed by atoms with Crippen molar-refractivity contribution in [1.82, 2.24) is 5.32 Å². The van der Waals surface area contributed by atoms with Crippen LogP contribution >= 0.6 is 0 Å². The van der Waals surface area contributed by atoms with Gasteiger partial charge in [0.15, 0.2) is 0 Å². The van der Waals surface area contributed by atoms with Gasteiger partial charge in [0.25, 0.3) is 5.91 Å². The molecule has 21 heavy (non-hydrogen) atoms. The average Bonchev–Trinajstić information content (AvgIpc) is 2.36. The number of nitrogens with one attached hydrogen (secondary N) is 1. The Bertz CT molecular complexity index is 618. The molecule has 6 nitrogen and oxygen atoms in total. The zero-order valence-electron chi connectivity index (χ0n) is 12.1. The number of hydrogen-bond acceptors (Lipinski definition) is 3. The molecule has 0 aliphatic carbocycles. The minimum Gasteiger partial charge on any atom is -0.478 e. The van der Waals surface area contributed by atoms with Crippen LogP contribution in [0.25, 0.3) is 6.08 Å². The highest BCUT2D eigenvalue weighted by molar-refractivity contribution is 6.00. The molecule has 0 aliphatic rings. The van der Waals surface area contributed by atoms with E-state index in [1.807, 2.05) is 0 Å². The van der Waals surface area contributed by atoms with E-state index in [1.165, 1.54) is 19.9 Å². The molecule has 1 rings (SSSR count). The van der Waals surface area contributed by atoms with Crippen molar-refractivity contribution in [1.29, 1.82) is 0 Å². The van der Waals surface area contributed by atoms with Crippen molar-refractivity contribution >= 4 is 23.9 Å². The van der Waals surface area contributed by atoms with E-state index in [0.717, 1.165) is 6.08 Å². The molecule has 0 spiro atoms. The summed E-state index contributed by atoms with van der Waals surface area (Å²) < 4.78 is 0. The Hall–Kier alpha value is -2.63. The first-order valence-corrected chi connectivity index (χ1v) is 6.28. The minimum absolute atomic E-state index is 0.358. The van der Waals surface area contributed by atoms with Crippen LogP contribution < -0.4 is 11.1 Å². The molecule has 0 fully saturated rings. The molecular weight excluding hydrogens is 272 g/mol. The number of benzene rings is 1. The molecule has 0 unspecified atom stereocenters. The molecule has 1 aromatic rings. The molecule has 2 amide bonds. The SMILES string of the molecule is Cc1c(C=CC(=O)O)cccc1C(=O)NC(C)(C)C(N)=O. The smallest absolute Gasteiger partial charge is 0.328 e. The number of primary amides is 1. The first-order chi connectivity index (χ1) is 9.65. The summed E-state index contributed by atoms with van der Waals surface area (Å²) in [6.45, 7) is 4.72. The average molecular weight is 290 g/mol. The fourth-order valence-electron chi connectivity index (χ4n) is 1.65. The lowest BCUT2D eigenvalue weighted by Crippen LogP contribution is -2.53. The van der Waals surface area contributed by atoms with E-state index in [4.69, 9.17) is 10.8 Å². The number of carbonyl (C=O) groups is 3. The second-order valence-electron chi connectivity index (χ2n) is 5.13. The molecular formula is C15H18N2O4. The Labute approximate surface area is 122 Å². The maximum Gasteiger partial charge on any atom is 0.328 e. The Kier molecular flexibility index (Phi) is 4.86. The number of carboxylic acids is 1. The zero-order chi connectivity index (χ0) is 16.2. The van der Waals surface area contributed by atoms with Crippen LogP contribution in [0.2, 0.25) is 0 Å². The third kappa shape index (κ3) is 4.17. The van der Waals surface area contributed by atoms with Crippen LogP contribution in [0.4, 0.5) is 0 Å². The van der Waals surface area contributed by atoms with Gasteiger partial charge in [0.2, 0.25) is 5.91 Å². The van der Waals surface area contributed by atoms with Gasteiger partial charge in [-0.2, -0.15) is 0 Å². The van der Waals surface area contributed by atoms with Gasteiger partial charge in [-0.05, 0) is 44.0 Å². The Morgan fingerprint density at radius 1 is 1.29 bits per heavy atom. The zero-order valence-corrected chi connectivity index (χ0v) is 12.1. The van der Waals surface area contributed by atoms with Gasteiger partial charge in [0.1, 0.15) is 5.54 Å². The van der Waals surface area contributed by atoms with E-state index in [1.54, 1.807) is 25.1 Å². The van der Waals surface area contributed by atoms with E-state index < -0.39 is 23.3 Å². The maximum atomic E-state index is 12.2. The largest absolute Gasteiger partial charge is 0.478 e. The summed E-state index contributed by atoms with van der Waals surface area (Å²) in [5.41, 5.74) is 5.63. The quantitative estimate of drug-likeness (QED) is 0.705. The molecule has 4 N–H and O–H groups in total. The van der Waals surface area contributed by atoms with E-state index in [0.29, 0.717) is 16.7 Å². The van der Waals surface area contributed by atoms with Gasteiger partial charge in [-0.1, -0.05) is 12.1 Å². The minimum atomic E-state index is -1.17. The Balaban J connectivity index is 3.09. The van der Waals surface area contributed by atoms with Crippen LogP contribution in [-0.4, -0.2) is 28.4 Å². The van der Waals surface area contributed by atoms with Gasteiger partial charge in [0, 0.05) is 11.6 Å². The van der Waals surface area contributed by atoms with Crippen molar-refractivity contribution in [3.05, 3.63) is 41.0 Å². The summed E-state index contributed by atoms with van der Waals surface area (Å²) in [6, 6.07) is 4.94. The van der Waals surface area contributed by atoms with Crippen LogP contribution in [0.15, 0.2) is 24.3 Å². The van der Waals surface area contributed by atoms with E-state index in [9.17, 15) is 14.4 Å². The second kappa shape index (κ2) is 6.21. The van der Waals surface area contributed by atoms with Crippen molar-refractivity contribution in [3.63, 3.8) is 0 Å². The Morgan fingerprint density at radius 2 is 1.90 bits per heavy atom. The lowest BCUT2D eigenvalue weighted by molar-refractivity contribution is -0.131. The molecule has 0 saturated carbocycles. The highest BCUT2D eigenvalue weighted by Crippen LogP contribution is 2.16. The fraction of sp³-hybridized carbons (Fsp3) is 0.267. The molecule has 0 aromatic heterocycles. The normalized spacial score (nSPS) is 11.4. The lowest BCUT2D eigenvalue weighted by atomic mass is 9.99. The standard InChI is InChI=1S/C15H18N2O4/c1-9-10(7-8-12(18)19)5-4-6-11(9)13(20)17-15(2,3)14(16)21/h4-8H,1-3H3,(H2,16,21)(H,17,20)(H,18,19). The van der Waals surface area contributed by atoms with Crippen molar-refractivity contribution in [3.8, 4) is 0 Å². The topological polar surface area (TPSA) is 109 Å².